The molecule has 0 spiro atoms. The van der Waals surface area contributed by atoms with Gasteiger partial charge in [-0.1, -0.05) is 142 Å². The van der Waals surface area contributed by atoms with E-state index < -0.39 is 0 Å². The normalized spacial score (nSPS) is 11.7. The number of ether oxygens (including phenoxy) is 1. The van der Waals surface area contributed by atoms with E-state index in [-0.39, 0.29) is 0 Å². The van der Waals surface area contributed by atoms with Crippen molar-refractivity contribution in [3.05, 3.63) is 24.7 Å². The number of hydrogen-bond donors (Lipinski definition) is 1. The van der Waals surface area contributed by atoms with Gasteiger partial charge in [-0.2, -0.15) is 0 Å². The van der Waals surface area contributed by atoms with Crippen LogP contribution >= 0.6 is 0 Å². The van der Waals surface area contributed by atoms with Gasteiger partial charge in [0, 0.05) is 45.7 Å². The lowest BCUT2D eigenvalue weighted by atomic mass is 10.0. The SMILES string of the molecule is C=CN(CCCCCOCCCCCN(CCCCCCCCCCCC(C)C)CCCCCCCCCCCn1cc(CCCC)nn1)NC. The maximum Gasteiger partial charge on any atom is 0.0827 e. The monoisotopic (exact) mass is 717 g/mol. The first-order valence-corrected chi connectivity index (χ1v) is 22.3. The molecule has 0 aromatic carbocycles. The molecular formula is C44H88N6O. The molecule has 1 aromatic rings. The predicted octanol–water partition coefficient (Wildman–Crippen LogP) is 11.9. The summed E-state index contributed by atoms with van der Waals surface area (Å²) in [6.07, 6.45) is 41.4. The second-order valence-electron chi connectivity index (χ2n) is 15.8. The quantitative estimate of drug-likeness (QED) is 0.0538. The molecule has 1 aromatic heterocycles. The molecule has 0 unspecified atom stereocenters. The summed E-state index contributed by atoms with van der Waals surface area (Å²) in [5.74, 6) is 0.870. The van der Waals surface area contributed by atoms with Gasteiger partial charge in [-0.3, -0.25) is 4.68 Å². The highest BCUT2D eigenvalue weighted by Crippen LogP contribution is 2.15. The van der Waals surface area contributed by atoms with E-state index >= 15 is 0 Å². The van der Waals surface area contributed by atoms with Crippen LogP contribution in [0, 0.1) is 5.92 Å². The van der Waals surface area contributed by atoms with Crippen LogP contribution in [-0.2, 0) is 17.7 Å². The van der Waals surface area contributed by atoms with Gasteiger partial charge in [0.1, 0.15) is 0 Å². The first-order valence-electron chi connectivity index (χ1n) is 22.3. The van der Waals surface area contributed by atoms with Crippen LogP contribution in [0.15, 0.2) is 19.0 Å². The van der Waals surface area contributed by atoms with Crippen molar-refractivity contribution < 1.29 is 4.74 Å². The van der Waals surface area contributed by atoms with Crippen molar-refractivity contribution >= 4 is 0 Å². The molecule has 1 N–H and O–H groups in total. The van der Waals surface area contributed by atoms with Crippen molar-refractivity contribution in [1.82, 2.24) is 30.3 Å². The highest BCUT2D eigenvalue weighted by molar-refractivity contribution is 4.91. The molecule has 0 saturated carbocycles. The number of hydrazine groups is 1. The highest BCUT2D eigenvalue weighted by atomic mass is 16.5. The molecule has 1 rings (SSSR count). The van der Waals surface area contributed by atoms with Gasteiger partial charge in [0.05, 0.1) is 5.69 Å². The molecule has 1 heterocycles. The average Bonchev–Trinajstić information content (AvgIpc) is 3.59. The summed E-state index contributed by atoms with van der Waals surface area (Å²) in [5.41, 5.74) is 4.29. The summed E-state index contributed by atoms with van der Waals surface area (Å²) in [6.45, 7) is 18.5. The van der Waals surface area contributed by atoms with E-state index in [1.54, 1.807) is 0 Å². The smallest absolute Gasteiger partial charge is 0.0827 e. The Hall–Kier alpha value is -1.44. The lowest BCUT2D eigenvalue weighted by molar-refractivity contribution is 0.124. The summed E-state index contributed by atoms with van der Waals surface area (Å²) in [7, 11) is 1.94. The number of aromatic nitrogens is 3. The third kappa shape index (κ3) is 31.8. The lowest BCUT2D eigenvalue weighted by Gasteiger charge is -2.22. The average molecular weight is 717 g/mol. The maximum atomic E-state index is 5.95. The first kappa shape index (κ1) is 47.6. The van der Waals surface area contributed by atoms with Crippen LogP contribution in [0.4, 0.5) is 0 Å². The van der Waals surface area contributed by atoms with E-state index in [0.29, 0.717) is 0 Å². The van der Waals surface area contributed by atoms with Crippen LogP contribution in [0.25, 0.3) is 0 Å². The number of aryl methyl sites for hydroxylation is 2. The second kappa shape index (κ2) is 36.9. The van der Waals surface area contributed by atoms with Crippen molar-refractivity contribution in [1.29, 1.82) is 0 Å². The van der Waals surface area contributed by atoms with Crippen molar-refractivity contribution in [3.8, 4) is 0 Å². The second-order valence-corrected chi connectivity index (χ2v) is 15.8. The molecule has 0 atom stereocenters. The Morgan fingerprint density at radius 2 is 1.14 bits per heavy atom. The minimum atomic E-state index is 0.870. The molecule has 0 amide bonds. The van der Waals surface area contributed by atoms with Crippen LogP contribution in [0.2, 0.25) is 0 Å². The Morgan fingerprint density at radius 3 is 1.63 bits per heavy atom. The van der Waals surface area contributed by atoms with Crippen molar-refractivity contribution in [3.63, 3.8) is 0 Å². The van der Waals surface area contributed by atoms with Crippen LogP contribution in [-0.4, -0.2) is 71.3 Å². The molecule has 0 aliphatic rings. The molecule has 0 aliphatic carbocycles. The van der Waals surface area contributed by atoms with Crippen LogP contribution < -0.4 is 5.43 Å². The number of unbranched alkanes of at least 4 members (excludes halogenated alkanes) is 21. The fourth-order valence-corrected chi connectivity index (χ4v) is 7.00. The lowest BCUT2D eigenvalue weighted by Crippen LogP contribution is -2.30. The van der Waals surface area contributed by atoms with Gasteiger partial charge < -0.3 is 14.6 Å². The molecule has 0 saturated heterocycles. The summed E-state index contributed by atoms with van der Waals surface area (Å²) in [6, 6.07) is 0. The van der Waals surface area contributed by atoms with Gasteiger partial charge in [0.15, 0.2) is 0 Å². The first-order chi connectivity index (χ1) is 25.1. The maximum absolute atomic E-state index is 5.95. The summed E-state index contributed by atoms with van der Waals surface area (Å²) >= 11 is 0. The summed E-state index contributed by atoms with van der Waals surface area (Å²) < 4.78 is 8.00. The van der Waals surface area contributed by atoms with Gasteiger partial charge in [-0.15, -0.1) is 5.10 Å². The summed E-state index contributed by atoms with van der Waals surface area (Å²) in [4.78, 5) is 2.80. The zero-order chi connectivity index (χ0) is 36.9. The molecule has 0 fully saturated rings. The Kier molecular flexibility index (Phi) is 34.4. The Balaban J connectivity index is 2.12. The molecular weight excluding hydrogens is 629 g/mol. The van der Waals surface area contributed by atoms with E-state index in [9.17, 15) is 0 Å². The number of rotatable bonds is 41. The molecule has 0 radical (unpaired) electrons. The Bertz CT molecular complexity index is 845. The van der Waals surface area contributed by atoms with E-state index in [0.717, 1.165) is 50.8 Å². The van der Waals surface area contributed by atoms with E-state index in [1.807, 2.05) is 18.3 Å². The van der Waals surface area contributed by atoms with Gasteiger partial charge in [0.25, 0.3) is 0 Å². The molecule has 0 aliphatic heterocycles. The molecule has 51 heavy (non-hydrogen) atoms. The minimum absolute atomic E-state index is 0.870. The van der Waals surface area contributed by atoms with E-state index in [2.05, 4.69) is 58.9 Å². The molecule has 0 bridgehead atoms. The number of hydrogen-bond acceptors (Lipinski definition) is 6. The number of nitrogens with zero attached hydrogens (tertiary/aromatic N) is 5. The van der Waals surface area contributed by atoms with Gasteiger partial charge in [-0.05, 0) is 96.2 Å². The molecule has 7 nitrogen and oxygen atoms in total. The fraction of sp³-hybridized carbons (Fsp3) is 0.909. The predicted molar refractivity (Wildman–Crippen MR) is 222 cm³/mol. The van der Waals surface area contributed by atoms with Crippen molar-refractivity contribution in [2.24, 2.45) is 5.92 Å². The van der Waals surface area contributed by atoms with Crippen LogP contribution in [0.5, 0.6) is 0 Å². The molecule has 7 heteroatoms. The largest absolute Gasteiger partial charge is 0.381 e. The van der Waals surface area contributed by atoms with Crippen molar-refractivity contribution in [2.75, 3.05) is 46.4 Å². The van der Waals surface area contributed by atoms with E-state index in [1.165, 1.54) is 187 Å². The van der Waals surface area contributed by atoms with Gasteiger partial charge in [0.2, 0.25) is 0 Å². The van der Waals surface area contributed by atoms with Crippen LogP contribution in [0.3, 0.4) is 0 Å². The topological polar surface area (TPSA) is 58.5 Å². The molecule has 300 valence electrons. The van der Waals surface area contributed by atoms with Crippen molar-refractivity contribution in [2.45, 2.75) is 207 Å². The van der Waals surface area contributed by atoms with Crippen LogP contribution in [0.1, 0.15) is 200 Å². The summed E-state index contributed by atoms with van der Waals surface area (Å²) in [5, 5.41) is 10.7. The van der Waals surface area contributed by atoms with Gasteiger partial charge in [-0.25, -0.2) is 5.43 Å². The standard InChI is InChI=1S/C44H88N6O/c1-6-8-34-44-42-50(47-46-44)39-29-22-18-14-10-13-17-21-27-36-48(35-26-20-16-12-9-11-15-19-25-33-43(3)4)37-28-23-31-40-51-41-32-24-30-38-49(7-2)45-5/h7,42-43,45H,2,6,8-41H2,1,3-5H3. The zero-order valence-corrected chi connectivity index (χ0v) is 34.8. The van der Waals surface area contributed by atoms with Gasteiger partial charge >= 0.3 is 0 Å². The fourth-order valence-electron chi connectivity index (χ4n) is 7.00. The third-order valence-corrected chi connectivity index (χ3v) is 10.4. The Labute approximate surface area is 318 Å². The zero-order valence-electron chi connectivity index (χ0n) is 34.8. The Morgan fingerprint density at radius 1 is 0.667 bits per heavy atom. The van der Waals surface area contributed by atoms with E-state index in [4.69, 9.17) is 4.74 Å². The highest BCUT2D eigenvalue weighted by Gasteiger charge is 2.06. The third-order valence-electron chi connectivity index (χ3n) is 10.4. The minimum Gasteiger partial charge on any atom is -0.381 e. The number of nitrogens with one attached hydrogen (secondary N) is 1.